The van der Waals surface area contributed by atoms with E-state index in [4.69, 9.17) is 9.47 Å². The van der Waals surface area contributed by atoms with E-state index in [0.717, 1.165) is 12.8 Å². The summed E-state index contributed by atoms with van der Waals surface area (Å²) < 4.78 is 9.73. The Morgan fingerprint density at radius 1 is 0.839 bits per heavy atom. The summed E-state index contributed by atoms with van der Waals surface area (Å²) in [7, 11) is 2.59. The van der Waals surface area contributed by atoms with Gasteiger partial charge in [0, 0.05) is 5.56 Å². The van der Waals surface area contributed by atoms with E-state index in [2.05, 4.69) is 23.8 Å². The second kappa shape index (κ2) is 9.64. The van der Waals surface area contributed by atoms with Gasteiger partial charge in [-0.3, -0.25) is 9.59 Å². The van der Waals surface area contributed by atoms with Crippen molar-refractivity contribution in [1.82, 2.24) is 9.97 Å². The Morgan fingerprint density at radius 2 is 1.42 bits per heavy atom. The molecule has 0 aliphatic heterocycles. The highest BCUT2D eigenvalue weighted by Gasteiger charge is 2.30. The molecule has 0 amide bonds. The molecule has 0 fully saturated rings. The lowest BCUT2D eigenvalue weighted by Crippen LogP contribution is -2.26. The van der Waals surface area contributed by atoms with E-state index in [9.17, 15) is 14.4 Å². The smallest absolute Gasteiger partial charge is 0.340 e. The molecule has 0 saturated carbocycles. The second-order valence-electron chi connectivity index (χ2n) is 7.83. The molecule has 3 rings (SSSR count). The summed E-state index contributed by atoms with van der Waals surface area (Å²) >= 11 is 0. The average molecular weight is 422 g/mol. The lowest BCUT2D eigenvalue weighted by atomic mass is 9.90. The fourth-order valence-electron chi connectivity index (χ4n) is 3.61. The first kappa shape index (κ1) is 22.3. The SMILES string of the molecule is COC(=O)c1cccc2nc3c(C(=O)C(CCCC(C)C)C(=O)OC)cccc3nc12. The zero-order valence-electron chi connectivity index (χ0n) is 18.2. The number of benzene rings is 2. The highest BCUT2D eigenvalue weighted by atomic mass is 16.5. The summed E-state index contributed by atoms with van der Waals surface area (Å²) in [5.41, 5.74) is 2.32. The van der Waals surface area contributed by atoms with Crippen LogP contribution in [0.1, 0.15) is 53.8 Å². The van der Waals surface area contributed by atoms with Gasteiger partial charge in [0.25, 0.3) is 0 Å². The molecule has 31 heavy (non-hydrogen) atoms. The number of carbonyl (C=O) groups excluding carboxylic acids is 3. The molecule has 0 aliphatic rings. The largest absolute Gasteiger partial charge is 0.468 e. The normalized spacial score (nSPS) is 12.2. The van der Waals surface area contributed by atoms with Crippen LogP contribution in [0.2, 0.25) is 0 Å². The van der Waals surface area contributed by atoms with Crippen molar-refractivity contribution in [3.8, 4) is 0 Å². The van der Waals surface area contributed by atoms with Crippen molar-refractivity contribution in [2.24, 2.45) is 11.8 Å². The minimum atomic E-state index is -0.895. The monoisotopic (exact) mass is 422 g/mol. The maximum absolute atomic E-state index is 13.3. The molecule has 0 radical (unpaired) electrons. The Kier molecular flexibility index (Phi) is 6.95. The van der Waals surface area contributed by atoms with Crippen LogP contribution in [0.25, 0.3) is 22.1 Å². The number of esters is 2. The topological polar surface area (TPSA) is 95.5 Å². The third kappa shape index (κ3) is 4.71. The summed E-state index contributed by atoms with van der Waals surface area (Å²) in [5, 5.41) is 0. The molecule has 2 aromatic carbocycles. The first-order chi connectivity index (χ1) is 14.9. The van der Waals surface area contributed by atoms with Crippen molar-refractivity contribution in [1.29, 1.82) is 0 Å². The summed E-state index contributed by atoms with van der Waals surface area (Å²) in [6, 6.07) is 10.1. The van der Waals surface area contributed by atoms with Crippen molar-refractivity contribution in [2.75, 3.05) is 14.2 Å². The molecule has 1 heterocycles. The number of para-hydroxylation sites is 2. The first-order valence-electron chi connectivity index (χ1n) is 10.3. The third-order valence-corrected chi connectivity index (χ3v) is 5.24. The van der Waals surface area contributed by atoms with Crippen LogP contribution < -0.4 is 0 Å². The predicted octanol–water partition coefficient (Wildman–Crippen LogP) is 4.37. The van der Waals surface area contributed by atoms with Gasteiger partial charge in [0.15, 0.2) is 5.78 Å². The van der Waals surface area contributed by atoms with E-state index in [1.807, 2.05) is 0 Å². The molecular formula is C24H26N2O5. The number of Topliss-reactive ketones (excluding diaryl/α,β-unsaturated/α-hetero) is 1. The molecule has 1 unspecified atom stereocenters. The molecular weight excluding hydrogens is 396 g/mol. The van der Waals surface area contributed by atoms with Gasteiger partial charge in [-0.2, -0.15) is 0 Å². The molecule has 1 aromatic heterocycles. The molecule has 0 bridgehead atoms. The Bertz CT molecular complexity index is 1140. The van der Waals surface area contributed by atoms with E-state index in [0.29, 0.717) is 45.5 Å². The van der Waals surface area contributed by atoms with E-state index in [-0.39, 0.29) is 5.78 Å². The molecule has 0 N–H and O–H groups in total. The summed E-state index contributed by atoms with van der Waals surface area (Å²) in [4.78, 5) is 47.0. The number of ketones is 1. The van der Waals surface area contributed by atoms with Gasteiger partial charge in [-0.25, -0.2) is 14.8 Å². The number of ether oxygens (including phenoxy) is 2. The van der Waals surface area contributed by atoms with Gasteiger partial charge < -0.3 is 9.47 Å². The molecule has 0 spiro atoms. The molecule has 7 heteroatoms. The van der Waals surface area contributed by atoms with Crippen molar-refractivity contribution in [3.05, 3.63) is 47.5 Å². The van der Waals surface area contributed by atoms with Crippen LogP contribution in [0.3, 0.4) is 0 Å². The Labute approximate surface area is 180 Å². The number of hydrogen-bond donors (Lipinski definition) is 0. The molecule has 3 aromatic rings. The lowest BCUT2D eigenvalue weighted by Gasteiger charge is -2.15. The van der Waals surface area contributed by atoms with E-state index in [1.165, 1.54) is 14.2 Å². The number of fused-ring (bicyclic) bond motifs is 2. The average Bonchev–Trinajstić information content (AvgIpc) is 2.78. The lowest BCUT2D eigenvalue weighted by molar-refractivity contribution is -0.143. The zero-order chi connectivity index (χ0) is 22.5. The van der Waals surface area contributed by atoms with Crippen molar-refractivity contribution in [3.63, 3.8) is 0 Å². The minimum Gasteiger partial charge on any atom is -0.468 e. The molecule has 162 valence electrons. The summed E-state index contributed by atoms with van der Waals surface area (Å²) in [6.07, 6.45) is 2.07. The molecule has 7 nitrogen and oxygen atoms in total. The maximum atomic E-state index is 13.3. The van der Waals surface area contributed by atoms with Gasteiger partial charge in [-0.1, -0.05) is 38.8 Å². The van der Waals surface area contributed by atoms with Crippen LogP contribution in [0, 0.1) is 11.8 Å². The van der Waals surface area contributed by atoms with Crippen molar-refractivity contribution < 1.29 is 23.9 Å². The van der Waals surface area contributed by atoms with Gasteiger partial charge in [-0.05, 0) is 36.6 Å². The highest BCUT2D eigenvalue weighted by Crippen LogP contribution is 2.26. The van der Waals surface area contributed by atoms with Crippen LogP contribution in [0.4, 0.5) is 0 Å². The molecule has 0 saturated heterocycles. The zero-order valence-corrected chi connectivity index (χ0v) is 18.2. The maximum Gasteiger partial charge on any atom is 0.340 e. The van der Waals surface area contributed by atoms with Crippen molar-refractivity contribution >= 4 is 39.8 Å². The Morgan fingerprint density at radius 3 is 1.97 bits per heavy atom. The van der Waals surface area contributed by atoms with E-state index in [1.54, 1.807) is 36.4 Å². The minimum absolute atomic E-state index is 0.298. The van der Waals surface area contributed by atoms with Gasteiger partial charge in [-0.15, -0.1) is 0 Å². The quantitative estimate of drug-likeness (QED) is 0.230. The predicted molar refractivity (Wildman–Crippen MR) is 117 cm³/mol. The molecule has 1 atom stereocenters. The standard InChI is InChI=1S/C24H26N2O5/c1-14(2)8-5-11-17(24(29)31-4)22(27)15-9-6-12-18-20(15)25-19-13-7-10-16(21(19)26-18)23(28)30-3/h6-7,9-10,12-14,17H,5,8,11H2,1-4H3. The van der Waals surface area contributed by atoms with Gasteiger partial charge in [0.1, 0.15) is 17.0 Å². The highest BCUT2D eigenvalue weighted by molar-refractivity contribution is 6.15. The van der Waals surface area contributed by atoms with Crippen LogP contribution in [-0.2, 0) is 14.3 Å². The molecule has 0 aliphatic carbocycles. The fraction of sp³-hybridized carbons (Fsp3) is 0.375. The van der Waals surface area contributed by atoms with E-state index >= 15 is 0 Å². The summed E-state index contributed by atoms with van der Waals surface area (Å²) in [6.45, 7) is 4.20. The summed E-state index contributed by atoms with van der Waals surface area (Å²) in [5.74, 6) is -1.81. The van der Waals surface area contributed by atoms with Crippen LogP contribution >= 0.6 is 0 Å². The Balaban J connectivity index is 2.08. The van der Waals surface area contributed by atoms with Gasteiger partial charge >= 0.3 is 11.9 Å². The number of nitrogens with zero attached hydrogens (tertiary/aromatic N) is 2. The number of aromatic nitrogens is 2. The second-order valence-corrected chi connectivity index (χ2v) is 7.83. The van der Waals surface area contributed by atoms with Gasteiger partial charge in [0.05, 0.1) is 30.8 Å². The number of rotatable bonds is 8. The van der Waals surface area contributed by atoms with Crippen molar-refractivity contribution in [2.45, 2.75) is 33.1 Å². The van der Waals surface area contributed by atoms with Crippen LogP contribution in [-0.4, -0.2) is 41.9 Å². The number of methoxy groups -OCH3 is 2. The third-order valence-electron chi connectivity index (χ3n) is 5.24. The Hall–Kier alpha value is -3.35. The van der Waals surface area contributed by atoms with E-state index < -0.39 is 17.9 Å². The van der Waals surface area contributed by atoms with Crippen LogP contribution in [0.5, 0.6) is 0 Å². The van der Waals surface area contributed by atoms with Crippen LogP contribution in [0.15, 0.2) is 36.4 Å². The first-order valence-corrected chi connectivity index (χ1v) is 10.3. The van der Waals surface area contributed by atoms with Gasteiger partial charge in [0.2, 0.25) is 0 Å². The number of hydrogen-bond acceptors (Lipinski definition) is 7. The fourth-order valence-corrected chi connectivity index (χ4v) is 3.61. The number of carbonyl (C=O) groups is 3.